The molecule has 2 aromatic rings. The predicted octanol–water partition coefficient (Wildman–Crippen LogP) is 0.398. The summed E-state index contributed by atoms with van der Waals surface area (Å²) in [5.41, 5.74) is 0.753. The van der Waals surface area contributed by atoms with Crippen molar-refractivity contribution in [3.05, 3.63) is 40.6 Å². The van der Waals surface area contributed by atoms with Crippen LogP contribution < -0.4 is 5.56 Å². The summed E-state index contributed by atoms with van der Waals surface area (Å²) in [6, 6.07) is 3.19. The van der Waals surface area contributed by atoms with Gasteiger partial charge in [-0.3, -0.25) is 4.79 Å². The van der Waals surface area contributed by atoms with E-state index in [2.05, 4.69) is 9.97 Å². The Hall–Kier alpha value is -1.71. The lowest BCUT2D eigenvalue weighted by atomic mass is 10.4. The van der Waals surface area contributed by atoms with E-state index in [1.54, 1.807) is 12.3 Å². The van der Waals surface area contributed by atoms with Crippen molar-refractivity contribution in [1.29, 1.82) is 0 Å². The number of nitrogens with zero attached hydrogens (tertiary/aromatic N) is 3. The van der Waals surface area contributed by atoms with E-state index in [4.69, 9.17) is 0 Å². The first-order valence-electron chi connectivity index (χ1n) is 3.58. The van der Waals surface area contributed by atoms with Crippen LogP contribution in [0.3, 0.4) is 0 Å². The van der Waals surface area contributed by atoms with Gasteiger partial charge in [0.25, 0.3) is 5.56 Å². The molecule has 0 fully saturated rings. The van der Waals surface area contributed by atoms with Gasteiger partial charge < -0.3 is 0 Å². The summed E-state index contributed by atoms with van der Waals surface area (Å²) in [5.74, 6) is 0.447. The summed E-state index contributed by atoms with van der Waals surface area (Å²) in [7, 11) is 0. The Kier molecular flexibility index (Phi) is 1.40. The fraction of sp³-hybridized carbons (Fsp3) is 0.125. The Bertz CT molecular complexity index is 470. The molecule has 12 heavy (non-hydrogen) atoms. The summed E-state index contributed by atoms with van der Waals surface area (Å²) in [6.45, 7) is 1.84. The van der Waals surface area contributed by atoms with Gasteiger partial charge in [0.05, 0.1) is 0 Å². The molecule has 60 valence electrons. The number of hydrogen-bond acceptors (Lipinski definition) is 3. The molecule has 0 N–H and O–H groups in total. The Morgan fingerprint density at radius 3 is 2.58 bits per heavy atom. The van der Waals surface area contributed by atoms with E-state index in [0.717, 1.165) is 5.69 Å². The van der Waals surface area contributed by atoms with Crippen LogP contribution >= 0.6 is 0 Å². The molecule has 0 atom stereocenters. The molecule has 0 aliphatic rings. The Labute approximate surface area is 68.5 Å². The zero-order valence-corrected chi connectivity index (χ0v) is 6.56. The highest BCUT2D eigenvalue weighted by atomic mass is 16.1. The zero-order valence-electron chi connectivity index (χ0n) is 6.56. The van der Waals surface area contributed by atoms with E-state index in [1.165, 1.54) is 16.7 Å². The quantitative estimate of drug-likeness (QED) is 0.561. The first-order chi connectivity index (χ1) is 5.79. The highest BCUT2D eigenvalue weighted by Crippen LogP contribution is 1.95. The molecule has 0 aliphatic heterocycles. The van der Waals surface area contributed by atoms with Gasteiger partial charge in [-0.05, 0) is 13.0 Å². The van der Waals surface area contributed by atoms with Crippen LogP contribution in [0.2, 0.25) is 0 Å². The first kappa shape index (κ1) is 6.97. The van der Waals surface area contributed by atoms with Crippen LogP contribution in [0, 0.1) is 6.92 Å². The molecule has 4 heteroatoms. The summed E-state index contributed by atoms with van der Waals surface area (Å²) >= 11 is 0. The second-order valence-corrected chi connectivity index (χ2v) is 2.50. The second-order valence-electron chi connectivity index (χ2n) is 2.50. The summed E-state index contributed by atoms with van der Waals surface area (Å²) < 4.78 is 1.47. The van der Waals surface area contributed by atoms with E-state index in [-0.39, 0.29) is 5.56 Å². The molecular weight excluding hydrogens is 154 g/mol. The van der Waals surface area contributed by atoms with Gasteiger partial charge in [0.15, 0.2) is 0 Å². The van der Waals surface area contributed by atoms with Crippen LogP contribution in [0.25, 0.3) is 5.78 Å². The highest BCUT2D eigenvalue weighted by molar-refractivity contribution is 5.28. The van der Waals surface area contributed by atoms with E-state index in [1.807, 2.05) is 6.92 Å². The van der Waals surface area contributed by atoms with Crippen molar-refractivity contribution in [2.75, 3.05) is 0 Å². The Morgan fingerprint density at radius 2 is 1.92 bits per heavy atom. The van der Waals surface area contributed by atoms with Crippen LogP contribution in [0.15, 0.2) is 29.3 Å². The normalized spacial score (nSPS) is 10.4. The first-order valence-corrected chi connectivity index (χ1v) is 3.58. The smallest absolute Gasteiger partial charge is 0.259 e. The Morgan fingerprint density at radius 1 is 1.25 bits per heavy atom. The molecule has 0 amide bonds. The molecule has 2 aromatic heterocycles. The van der Waals surface area contributed by atoms with Gasteiger partial charge in [-0.1, -0.05) is 0 Å². The predicted molar refractivity (Wildman–Crippen MR) is 44.0 cm³/mol. The van der Waals surface area contributed by atoms with Crippen molar-refractivity contribution in [1.82, 2.24) is 14.4 Å². The maximum absolute atomic E-state index is 11.3. The van der Waals surface area contributed by atoms with Gasteiger partial charge >= 0.3 is 0 Å². The molecule has 4 nitrogen and oxygen atoms in total. The van der Waals surface area contributed by atoms with E-state index >= 15 is 0 Å². The van der Waals surface area contributed by atoms with Crippen molar-refractivity contribution in [2.45, 2.75) is 6.92 Å². The molecule has 0 saturated heterocycles. The van der Waals surface area contributed by atoms with Crippen molar-refractivity contribution in [3.8, 4) is 0 Å². The maximum Gasteiger partial charge on any atom is 0.259 e. The molecule has 0 aliphatic carbocycles. The average molecular weight is 161 g/mol. The van der Waals surface area contributed by atoms with Gasteiger partial charge in [0.1, 0.15) is 0 Å². The summed E-state index contributed by atoms with van der Waals surface area (Å²) in [5, 5.41) is 0. The van der Waals surface area contributed by atoms with Gasteiger partial charge in [0, 0.05) is 24.2 Å². The third-order valence-corrected chi connectivity index (χ3v) is 1.69. The SMILES string of the molecule is Cc1ccnc2nccc(=O)n12. The third-order valence-electron chi connectivity index (χ3n) is 1.69. The van der Waals surface area contributed by atoms with Gasteiger partial charge in [0.2, 0.25) is 5.78 Å². The van der Waals surface area contributed by atoms with E-state index in [9.17, 15) is 4.79 Å². The zero-order chi connectivity index (χ0) is 8.55. The maximum atomic E-state index is 11.3. The van der Waals surface area contributed by atoms with Crippen molar-refractivity contribution in [3.63, 3.8) is 0 Å². The highest BCUT2D eigenvalue weighted by Gasteiger charge is 1.97. The van der Waals surface area contributed by atoms with Crippen LogP contribution in [-0.4, -0.2) is 14.4 Å². The van der Waals surface area contributed by atoms with Crippen molar-refractivity contribution in [2.24, 2.45) is 0 Å². The summed E-state index contributed by atoms with van der Waals surface area (Å²) in [6.07, 6.45) is 3.10. The molecule has 0 aromatic carbocycles. The van der Waals surface area contributed by atoms with Crippen LogP contribution in [0.5, 0.6) is 0 Å². The molecule has 2 rings (SSSR count). The molecular formula is C8H7N3O. The topological polar surface area (TPSA) is 47.3 Å². The number of fused-ring (bicyclic) bond motifs is 1. The minimum atomic E-state index is -0.0920. The van der Waals surface area contributed by atoms with Gasteiger partial charge in [-0.2, -0.15) is 0 Å². The molecule has 0 radical (unpaired) electrons. The number of rotatable bonds is 0. The van der Waals surface area contributed by atoms with Gasteiger partial charge in [-0.15, -0.1) is 0 Å². The molecule has 0 bridgehead atoms. The summed E-state index contributed by atoms with van der Waals surface area (Å²) in [4.78, 5) is 19.2. The second kappa shape index (κ2) is 2.41. The largest absolute Gasteiger partial charge is 0.269 e. The van der Waals surface area contributed by atoms with Crippen LogP contribution in [0.4, 0.5) is 0 Å². The molecule has 0 unspecified atom stereocenters. The lowest BCUT2D eigenvalue weighted by molar-refractivity contribution is 0.950. The molecule has 0 spiro atoms. The number of hydrogen-bond donors (Lipinski definition) is 0. The number of aryl methyl sites for hydroxylation is 1. The minimum Gasteiger partial charge on any atom is -0.269 e. The molecule has 0 saturated carbocycles. The fourth-order valence-corrected chi connectivity index (χ4v) is 1.11. The lowest BCUT2D eigenvalue weighted by Crippen LogP contribution is -2.15. The molecule has 2 heterocycles. The Balaban J connectivity index is 3.07. The number of aromatic nitrogens is 3. The van der Waals surface area contributed by atoms with E-state index in [0.29, 0.717) is 5.78 Å². The van der Waals surface area contributed by atoms with Crippen LogP contribution in [0.1, 0.15) is 5.69 Å². The monoisotopic (exact) mass is 161 g/mol. The van der Waals surface area contributed by atoms with Crippen LogP contribution in [-0.2, 0) is 0 Å². The van der Waals surface area contributed by atoms with Gasteiger partial charge in [-0.25, -0.2) is 14.4 Å². The lowest BCUT2D eigenvalue weighted by Gasteiger charge is -1.99. The van der Waals surface area contributed by atoms with Crippen molar-refractivity contribution < 1.29 is 0 Å². The fourth-order valence-electron chi connectivity index (χ4n) is 1.11. The van der Waals surface area contributed by atoms with E-state index < -0.39 is 0 Å². The minimum absolute atomic E-state index is 0.0920. The standard InChI is InChI=1S/C8H7N3O/c1-6-2-4-9-8-10-5-3-7(12)11(6)8/h2-5H,1H3. The van der Waals surface area contributed by atoms with Crippen molar-refractivity contribution >= 4 is 5.78 Å². The average Bonchev–Trinajstić information content (AvgIpc) is 2.04. The third kappa shape index (κ3) is 0.887.